The number of carbonyl (C=O) groups excluding carboxylic acids is 1. The topological polar surface area (TPSA) is 57.1 Å². The molecule has 172 valence electrons. The highest BCUT2D eigenvalue weighted by Crippen LogP contribution is 2.29. The van der Waals surface area contributed by atoms with Gasteiger partial charge in [-0.3, -0.25) is 4.79 Å². The molecule has 0 radical (unpaired) electrons. The van der Waals surface area contributed by atoms with Crippen molar-refractivity contribution in [3.05, 3.63) is 95.1 Å². The standard InChI is InChI=1S/C25H22F3NO4/c1-17(29-33-15-18-3-9-21(10-4-18)25(26,27)28)19-5-13-23(14-6-19)32-16-24(30)20-7-11-22(31-2)12-8-20/h3-14H,15-16H2,1-2H3/b29-17+. The number of nitrogens with zero attached hydrogens (tertiary/aromatic N) is 1. The van der Waals surface area contributed by atoms with Crippen LogP contribution in [0.2, 0.25) is 0 Å². The Morgan fingerprint density at radius 2 is 1.42 bits per heavy atom. The minimum Gasteiger partial charge on any atom is -0.497 e. The van der Waals surface area contributed by atoms with Crippen molar-refractivity contribution >= 4 is 11.5 Å². The molecule has 0 heterocycles. The van der Waals surface area contributed by atoms with Gasteiger partial charge in [-0.2, -0.15) is 13.2 Å². The first-order valence-electron chi connectivity index (χ1n) is 9.99. The fourth-order valence-electron chi connectivity index (χ4n) is 2.85. The Kier molecular flexibility index (Phi) is 7.71. The molecule has 0 aliphatic heterocycles. The van der Waals surface area contributed by atoms with E-state index in [-0.39, 0.29) is 19.0 Å². The summed E-state index contributed by atoms with van der Waals surface area (Å²) < 4.78 is 48.4. The molecule has 0 aromatic heterocycles. The van der Waals surface area contributed by atoms with Gasteiger partial charge in [-0.1, -0.05) is 17.3 Å². The summed E-state index contributed by atoms with van der Waals surface area (Å²) in [7, 11) is 1.56. The number of oxime groups is 1. The summed E-state index contributed by atoms with van der Waals surface area (Å²) >= 11 is 0. The van der Waals surface area contributed by atoms with Crippen LogP contribution in [0.15, 0.2) is 78.0 Å². The van der Waals surface area contributed by atoms with Gasteiger partial charge in [0, 0.05) is 5.56 Å². The van der Waals surface area contributed by atoms with E-state index < -0.39 is 11.7 Å². The van der Waals surface area contributed by atoms with E-state index in [0.29, 0.717) is 28.3 Å². The molecule has 5 nitrogen and oxygen atoms in total. The summed E-state index contributed by atoms with van der Waals surface area (Å²) in [4.78, 5) is 17.5. The third-order valence-electron chi connectivity index (χ3n) is 4.77. The Hall–Kier alpha value is -3.81. The third-order valence-corrected chi connectivity index (χ3v) is 4.77. The van der Waals surface area contributed by atoms with Crippen molar-refractivity contribution in [2.24, 2.45) is 5.16 Å². The number of carbonyl (C=O) groups is 1. The van der Waals surface area contributed by atoms with Crippen LogP contribution in [-0.2, 0) is 17.6 Å². The van der Waals surface area contributed by atoms with E-state index in [0.717, 1.165) is 17.7 Å². The van der Waals surface area contributed by atoms with E-state index >= 15 is 0 Å². The van der Waals surface area contributed by atoms with Crippen molar-refractivity contribution in [2.45, 2.75) is 19.7 Å². The lowest BCUT2D eigenvalue weighted by atomic mass is 10.1. The SMILES string of the molecule is COc1ccc(C(=O)COc2ccc(/C(C)=N/OCc3ccc(C(F)(F)F)cc3)cc2)cc1. The second kappa shape index (κ2) is 10.7. The minimum absolute atomic E-state index is 0.0458. The van der Waals surface area contributed by atoms with Crippen LogP contribution in [0.3, 0.4) is 0 Å². The van der Waals surface area contributed by atoms with E-state index in [2.05, 4.69) is 5.16 Å². The van der Waals surface area contributed by atoms with Crippen molar-refractivity contribution in [3.63, 3.8) is 0 Å². The normalized spacial score (nSPS) is 11.7. The molecule has 0 amide bonds. The number of benzene rings is 3. The summed E-state index contributed by atoms with van der Waals surface area (Å²) in [6.07, 6.45) is -4.37. The number of halogens is 3. The van der Waals surface area contributed by atoms with Crippen LogP contribution in [-0.4, -0.2) is 25.2 Å². The van der Waals surface area contributed by atoms with Crippen molar-refractivity contribution < 1.29 is 32.3 Å². The van der Waals surface area contributed by atoms with Gasteiger partial charge in [-0.15, -0.1) is 0 Å². The molecule has 0 atom stereocenters. The molecule has 0 fully saturated rings. The van der Waals surface area contributed by atoms with E-state index in [4.69, 9.17) is 14.3 Å². The zero-order chi connectivity index (χ0) is 23.8. The number of hydrogen-bond donors (Lipinski definition) is 0. The summed E-state index contributed by atoms with van der Waals surface area (Å²) in [6.45, 7) is 1.69. The fourth-order valence-corrected chi connectivity index (χ4v) is 2.85. The lowest BCUT2D eigenvalue weighted by Gasteiger charge is -2.08. The van der Waals surface area contributed by atoms with Gasteiger partial charge >= 0.3 is 6.18 Å². The molecule has 0 unspecified atom stereocenters. The first-order valence-corrected chi connectivity index (χ1v) is 9.99. The highest BCUT2D eigenvalue weighted by atomic mass is 19.4. The van der Waals surface area contributed by atoms with Crippen LogP contribution in [0.5, 0.6) is 11.5 Å². The number of rotatable bonds is 9. The molecule has 0 aliphatic rings. The van der Waals surface area contributed by atoms with Crippen LogP contribution < -0.4 is 9.47 Å². The number of ketones is 1. The smallest absolute Gasteiger partial charge is 0.416 e. The Bertz CT molecular complexity index is 1090. The van der Waals surface area contributed by atoms with Gasteiger partial charge in [0.05, 0.1) is 18.4 Å². The summed E-state index contributed by atoms with van der Waals surface area (Å²) in [5.41, 5.74) is 1.75. The molecule has 3 aromatic carbocycles. The molecular formula is C25H22F3NO4. The highest BCUT2D eigenvalue weighted by molar-refractivity contribution is 5.98. The van der Waals surface area contributed by atoms with Gasteiger partial charge in [-0.25, -0.2) is 0 Å². The van der Waals surface area contributed by atoms with E-state index in [9.17, 15) is 18.0 Å². The summed E-state index contributed by atoms with van der Waals surface area (Å²) in [5.74, 6) is 1.04. The summed E-state index contributed by atoms with van der Waals surface area (Å²) in [6, 6.07) is 18.5. The van der Waals surface area contributed by atoms with Crippen LogP contribution in [0.1, 0.15) is 34.0 Å². The number of methoxy groups -OCH3 is 1. The fraction of sp³-hybridized carbons (Fsp3) is 0.200. The van der Waals surface area contributed by atoms with Crippen molar-refractivity contribution in [1.29, 1.82) is 0 Å². The van der Waals surface area contributed by atoms with E-state index in [1.54, 1.807) is 62.6 Å². The van der Waals surface area contributed by atoms with Gasteiger partial charge in [0.1, 0.15) is 18.1 Å². The Morgan fingerprint density at radius 1 is 0.848 bits per heavy atom. The third kappa shape index (κ3) is 6.83. The van der Waals surface area contributed by atoms with Crippen molar-refractivity contribution in [2.75, 3.05) is 13.7 Å². The molecule has 0 bridgehead atoms. The van der Waals surface area contributed by atoms with Gasteiger partial charge in [0.25, 0.3) is 0 Å². The van der Waals surface area contributed by atoms with Gasteiger partial charge < -0.3 is 14.3 Å². The Morgan fingerprint density at radius 3 is 2.00 bits per heavy atom. The average molecular weight is 457 g/mol. The Balaban J connectivity index is 1.50. The molecule has 3 rings (SSSR count). The molecule has 0 N–H and O–H groups in total. The first kappa shape index (κ1) is 23.8. The van der Waals surface area contributed by atoms with Crippen molar-refractivity contribution in [3.8, 4) is 11.5 Å². The first-order chi connectivity index (χ1) is 15.8. The van der Waals surface area contributed by atoms with E-state index in [1.807, 2.05) is 0 Å². The average Bonchev–Trinajstić information content (AvgIpc) is 2.82. The molecule has 33 heavy (non-hydrogen) atoms. The lowest BCUT2D eigenvalue weighted by molar-refractivity contribution is -0.137. The molecule has 0 aliphatic carbocycles. The number of ether oxygens (including phenoxy) is 2. The Labute approximate surface area is 189 Å². The van der Waals surface area contributed by atoms with Crippen LogP contribution in [0.4, 0.5) is 13.2 Å². The molecule has 8 heteroatoms. The monoisotopic (exact) mass is 457 g/mol. The lowest BCUT2D eigenvalue weighted by Crippen LogP contribution is -2.11. The maximum atomic E-state index is 12.6. The van der Waals surface area contributed by atoms with Crippen LogP contribution >= 0.6 is 0 Å². The maximum absolute atomic E-state index is 12.6. The maximum Gasteiger partial charge on any atom is 0.416 e. The van der Waals surface area contributed by atoms with Crippen molar-refractivity contribution in [1.82, 2.24) is 0 Å². The molecule has 3 aromatic rings. The predicted molar refractivity (Wildman–Crippen MR) is 118 cm³/mol. The zero-order valence-electron chi connectivity index (χ0n) is 18.1. The molecule has 0 spiro atoms. The molecule has 0 saturated carbocycles. The molecule has 0 saturated heterocycles. The van der Waals surface area contributed by atoms with Crippen LogP contribution in [0.25, 0.3) is 0 Å². The second-order valence-corrected chi connectivity index (χ2v) is 7.11. The largest absolute Gasteiger partial charge is 0.497 e. The molecular weight excluding hydrogens is 435 g/mol. The van der Waals surface area contributed by atoms with Gasteiger partial charge in [0.15, 0.2) is 12.4 Å². The van der Waals surface area contributed by atoms with Gasteiger partial charge in [0.2, 0.25) is 0 Å². The number of alkyl halides is 3. The van der Waals surface area contributed by atoms with Crippen LogP contribution in [0, 0.1) is 0 Å². The highest BCUT2D eigenvalue weighted by Gasteiger charge is 2.29. The minimum atomic E-state index is -4.37. The quantitative estimate of drug-likeness (QED) is 0.228. The van der Waals surface area contributed by atoms with Gasteiger partial charge in [-0.05, 0) is 78.7 Å². The summed E-state index contributed by atoms with van der Waals surface area (Å²) in [5, 5.41) is 4.01. The second-order valence-electron chi connectivity index (χ2n) is 7.11. The predicted octanol–water partition coefficient (Wildman–Crippen LogP) is 5.92. The van der Waals surface area contributed by atoms with E-state index in [1.165, 1.54) is 12.1 Å². The zero-order valence-corrected chi connectivity index (χ0v) is 18.1. The number of Topliss-reactive ketones (excluding diaryl/α,β-unsaturated/α-hetero) is 1. The number of hydrogen-bond acceptors (Lipinski definition) is 5.